The fourth-order valence-corrected chi connectivity index (χ4v) is 5.35. The summed E-state index contributed by atoms with van der Waals surface area (Å²) in [4.78, 5) is 17.7. The SMILES string of the molecule is CC1CC(C)(C)Cc2nc3sc(C(N)=O)c(N)c3c(-c3ccc(Cl)o3)c21. The summed E-state index contributed by atoms with van der Waals surface area (Å²) >= 11 is 7.27. The predicted molar refractivity (Wildman–Crippen MR) is 106 cm³/mol. The van der Waals surface area contributed by atoms with Crippen LogP contribution in [0, 0.1) is 5.41 Å². The third-order valence-corrected chi connectivity index (χ3v) is 6.35. The molecule has 0 fully saturated rings. The molecule has 0 spiro atoms. The summed E-state index contributed by atoms with van der Waals surface area (Å²) in [7, 11) is 0. The number of halogens is 1. The van der Waals surface area contributed by atoms with E-state index in [-0.39, 0.29) is 11.3 Å². The lowest BCUT2D eigenvalue weighted by molar-refractivity contribution is 0.100. The van der Waals surface area contributed by atoms with Crippen molar-refractivity contribution in [3.63, 3.8) is 0 Å². The molecule has 1 atom stereocenters. The van der Waals surface area contributed by atoms with Crippen molar-refractivity contribution in [2.75, 3.05) is 5.73 Å². The van der Waals surface area contributed by atoms with E-state index >= 15 is 0 Å². The third kappa shape index (κ3) is 2.59. The van der Waals surface area contributed by atoms with E-state index in [2.05, 4.69) is 20.8 Å². The Kier molecular flexibility index (Phi) is 3.82. The number of fused-ring (bicyclic) bond motifs is 2. The molecular formula is C19H20ClN3O2S. The number of aromatic nitrogens is 1. The van der Waals surface area contributed by atoms with Crippen LogP contribution in [0.25, 0.3) is 21.5 Å². The molecule has 1 unspecified atom stereocenters. The Morgan fingerprint density at radius 2 is 2.15 bits per heavy atom. The second kappa shape index (κ2) is 5.72. The van der Waals surface area contributed by atoms with Crippen molar-refractivity contribution in [3.05, 3.63) is 33.5 Å². The molecule has 0 bridgehead atoms. The number of furan rings is 1. The highest BCUT2D eigenvalue weighted by molar-refractivity contribution is 7.21. The van der Waals surface area contributed by atoms with Crippen molar-refractivity contribution < 1.29 is 9.21 Å². The molecule has 1 aliphatic carbocycles. The Bertz CT molecular complexity index is 1050. The van der Waals surface area contributed by atoms with E-state index in [1.807, 2.05) is 6.07 Å². The first-order chi connectivity index (χ1) is 12.2. The molecule has 26 heavy (non-hydrogen) atoms. The lowest BCUT2D eigenvalue weighted by atomic mass is 9.70. The number of nitrogens with zero attached hydrogens (tertiary/aromatic N) is 1. The molecule has 136 valence electrons. The van der Waals surface area contributed by atoms with Gasteiger partial charge in [-0.2, -0.15) is 0 Å². The first-order valence-corrected chi connectivity index (χ1v) is 9.67. The second-order valence-corrected chi connectivity index (χ2v) is 9.16. The van der Waals surface area contributed by atoms with Gasteiger partial charge in [0.2, 0.25) is 0 Å². The molecule has 0 saturated carbocycles. The maximum Gasteiger partial charge on any atom is 0.260 e. The van der Waals surface area contributed by atoms with E-state index in [0.29, 0.717) is 26.4 Å². The van der Waals surface area contributed by atoms with Gasteiger partial charge in [0.15, 0.2) is 5.22 Å². The molecule has 0 radical (unpaired) electrons. The number of pyridine rings is 1. The molecule has 0 saturated heterocycles. The number of hydrogen-bond acceptors (Lipinski definition) is 5. The Hall–Kier alpha value is -2.05. The minimum absolute atomic E-state index is 0.153. The van der Waals surface area contributed by atoms with Crippen LogP contribution in [0.15, 0.2) is 16.5 Å². The zero-order valence-electron chi connectivity index (χ0n) is 14.9. The van der Waals surface area contributed by atoms with Crippen molar-refractivity contribution in [1.82, 2.24) is 4.98 Å². The van der Waals surface area contributed by atoms with Crippen molar-refractivity contribution in [2.24, 2.45) is 11.1 Å². The number of hydrogen-bond donors (Lipinski definition) is 2. The summed E-state index contributed by atoms with van der Waals surface area (Å²) in [6.45, 7) is 6.69. The second-order valence-electron chi connectivity index (χ2n) is 7.79. The molecule has 3 heterocycles. The van der Waals surface area contributed by atoms with Gasteiger partial charge >= 0.3 is 0 Å². The number of amides is 1. The Labute approximate surface area is 160 Å². The van der Waals surface area contributed by atoms with Gasteiger partial charge in [0.1, 0.15) is 15.5 Å². The van der Waals surface area contributed by atoms with Gasteiger partial charge < -0.3 is 15.9 Å². The quantitative estimate of drug-likeness (QED) is 0.646. The smallest absolute Gasteiger partial charge is 0.260 e. The summed E-state index contributed by atoms with van der Waals surface area (Å²) in [6, 6.07) is 3.55. The summed E-state index contributed by atoms with van der Waals surface area (Å²) in [5, 5.41) is 1.05. The summed E-state index contributed by atoms with van der Waals surface area (Å²) < 4.78 is 5.74. The molecule has 7 heteroatoms. The number of nitrogen functional groups attached to an aromatic ring is 1. The van der Waals surface area contributed by atoms with Gasteiger partial charge in [0, 0.05) is 16.6 Å². The molecule has 0 aromatic carbocycles. The first-order valence-electron chi connectivity index (χ1n) is 8.48. The summed E-state index contributed by atoms with van der Waals surface area (Å²) in [6.07, 6.45) is 1.88. The van der Waals surface area contributed by atoms with E-state index in [0.717, 1.165) is 35.0 Å². The summed E-state index contributed by atoms with van der Waals surface area (Å²) in [5.41, 5.74) is 15.4. The third-order valence-electron chi connectivity index (χ3n) is 5.03. The fraction of sp³-hybridized carbons (Fsp3) is 0.368. The zero-order chi connectivity index (χ0) is 18.8. The number of nitrogens with two attached hydrogens (primary N) is 2. The van der Waals surface area contributed by atoms with Crippen LogP contribution in [0.5, 0.6) is 0 Å². The Morgan fingerprint density at radius 3 is 2.77 bits per heavy atom. The highest BCUT2D eigenvalue weighted by Crippen LogP contribution is 2.50. The molecule has 0 aliphatic heterocycles. The molecule has 1 aliphatic rings. The zero-order valence-corrected chi connectivity index (χ0v) is 16.4. The monoisotopic (exact) mass is 389 g/mol. The van der Waals surface area contributed by atoms with Gasteiger partial charge in [-0.15, -0.1) is 11.3 Å². The van der Waals surface area contributed by atoms with Crippen LogP contribution in [0.2, 0.25) is 5.22 Å². The van der Waals surface area contributed by atoms with Gasteiger partial charge in [0.25, 0.3) is 5.91 Å². The minimum atomic E-state index is -0.541. The van der Waals surface area contributed by atoms with Crippen LogP contribution in [-0.2, 0) is 6.42 Å². The van der Waals surface area contributed by atoms with Gasteiger partial charge in [-0.05, 0) is 53.5 Å². The standard InChI is InChI=1S/C19H20ClN3O2S/c1-8-6-19(2,3)7-9-12(8)13(10-4-5-11(20)25-10)14-15(21)16(17(22)24)26-18(14)23-9/h4-5,8H,6-7,21H2,1-3H3,(H2,22,24). The molecule has 4 rings (SSSR count). The molecule has 3 aromatic rings. The highest BCUT2D eigenvalue weighted by atomic mass is 35.5. The topological polar surface area (TPSA) is 95.1 Å². The number of carbonyl (C=O) groups is 1. The maximum atomic E-state index is 11.8. The lowest BCUT2D eigenvalue weighted by Gasteiger charge is -2.36. The van der Waals surface area contributed by atoms with Gasteiger partial charge in [0.05, 0.1) is 5.69 Å². The average Bonchev–Trinajstić information content (AvgIpc) is 3.08. The summed E-state index contributed by atoms with van der Waals surface area (Å²) in [5.74, 6) is 0.381. The lowest BCUT2D eigenvalue weighted by Crippen LogP contribution is -2.26. The van der Waals surface area contributed by atoms with Gasteiger partial charge in [-0.25, -0.2) is 4.98 Å². The molecule has 5 nitrogen and oxygen atoms in total. The fourth-order valence-electron chi connectivity index (χ4n) is 4.22. The van der Waals surface area contributed by atoms with Gasteiger partial charge in [-0.3, -0.25) is 4.79 Å². The number of anilines is 1. The number of rotatable bonds is 2. The van der Waals surface area contributed by atoms with E-state index in [9.17, 15) is 4.79 Å². The van der Waals surface area contributed by atoms with Gasteiger partial charge in [-0.1, -0.05) is 20.8 Å². The number of carbonyl (C=O) groups excluding carboxylic acids is 1. The molecule has 1 amide bonds. The van der Waals surface area contributed by atoms with Crippen LogP contribution in [0.1, 0.15) is 54.0 Å². The minimum Gasteiger partial charge on any atom is -0.445 e. The Morgan fingerprint density at radius 1 is 1.42 bits per heavy atom. The van der Waals surface area contributed by atoms with E-state index in [1.165, 1.54) is 11.3 Å². The van der Waals surface area contributed by atoms with Crippen LogP contribution in [-0.4, -0.2) is 10.9 Å². The number of thiophene rings is 1. The van der Waals surface area contributed by atoms with Crippen LogP contribution >= 0.6 is 22.9 Å². The van der Waals surface area contributed by atoms with Crippen LogP contribution < -0.4 is 11.5 Å². The normalized spacial score (nSPS) is 18.8. The maximum absolute atomic E-state index is 11.8. The van der Waals surface area contributed by atoms with E-state index in [4.69, 9.17) is 32.5 Å². The highest BCUT2D eigenvalue weighted by Gasteiger charge is 2.35. The molecule has 4 N–H and O–H groups in total. The van der Waals surface area contributed by atoms with Crippen LogP contribution in [0.3, 0.4) is 0 Å². The number of primary amides is 1. The van der Waals surface area contributed by atoms with Crippen molar-refractivity contribution in [3.8, 4) is 11.3 Å². The van der Waals surface area contributed by atoms with E-state index < -0.39 is 5.91 Å². The van der Waals surface area contributed by atoms with Crippen molar-refractivity contribution >= 4 is 44.7 Å². The molecular weight excluding hydrogens is 370 g/mol. The first kappa shape index (κ1) is 17.4. The van der Waals surface area contributed by atoms with Crippen molar-refractivity contribution in [1.29, 1.82) is 0 Å². The predicted octanol–water partition coefficient (Wildman–Crippen LogP) is 4.97. The van der Waals surface area contributed by atoms with Crippen molar-refractivity contribution in [2.45, 2.75) is 39.5 Å². The molecule has 3 aromatic heterocycles. The Balaban J connectivity index is 2.13. The van der Waals surface area contributed by atoms with Crippen LogP contribution in [0.4, 0.5) is 5.69 Å². The average molecular weight is 390 g/mol. The largest absolute Gasteiger partial charge is 0.445 e. The van der Waals surface area contributed by atoms with E-state index in [1.54, 1.807) is 6.07 Å².